The van der Waals surface area contributed by atoms with Gasteiger partial charge in [0.15, 0.2) is 0 Å². The summed E-state index contributed by atoms with van der Waals surface area (Å²) >= 11 is 0. The minimum atomic E-state index is -0.0893. The van der Waals surface area contributed by atoms with E-state index in [0.29, 0.717) is 12.1 Å². The summed E-state index contributed by atoms with van der Waals surface area (Å²) in [4.78, 5) is 27.8. The summed E-state index contributed by atoms with van der Waals surface area (Å²) in [6, 6.07) is 34.3. The van der Waals surface area contributed by atoms with Crippen molar-refractivity contribution in [3.63, 3.8) is 0 Å². The van der Waals surface area contributed by atoms with E-state index in [1.165, 1.54) is 0 Å². The molecule has 4 rings (SSSR count). The van der Waals surface area contributed by atoms with Crippen molar-refractivity contribution in [2.45, 2.75) is 25.9 Å². The molecule has 5 heteroatoms. The molecule has 0 aliphatic heterocycles. The summed E-state index contributed by atoms with van der Waals surface area (Å²) in [5.74, 6) is 0.632. The van der Waals surface area contributed by atoms with E-state index in [1.807, 2.05) is 116 Å². The van der Waals surface area contributed by atoms with Gasteiger partial charge in [-0.25, -0.2) is 0 Å². The van der Waals surface area contributed by atoms with Crippen molar-refractivity contribution in [3.8, 4) is 5.75 Å². The van der Waals surface area contributed by atoms with Gasteiger partial charge in [-0.3, -0.25) is 9.59 Å². The molecule has 36 heavy (non-hydrogen) atoms. The maximum atomic E-state index is 13.4. The Hall–Kier alpha value is -4.38. The number of anilines is 1. The smallest absolute Gasteiger partial charge is 0.258 e. The molecule has 0 saturated heterocycles. The molecule has 182 valence electrons. The minimum Gasteiger partial charge on any atom is -0.497 e. The van der Waals surface area contributed by atoms with Gasteiger partial charge in [-0.2, -0.15) is 0 Å². The molecule has 0 fully saturated rings. The second-order valence-electron chi connectivity index (χ2n) is 8.65. The lowest BCUT2D eigenvalue weighted by Crippen LogP contribution is -2.30. The standard InChI is InChI=1S/C31H30N2O3/c1-23(26-9-5-3-6-10-26)32-30(34)21-24-13-17-28(18-14-24)33(31(35)27-11-7-4-8-12-27)22-25-15-19-29(36-2)20-16-25/h3-20,23H,21-22H2,1-2H3,(H,32,34)/t23-/m0/s1. The highest BCUT2D eigenvalue weighted by Crippen LogP contribution is 2.23. The Kier molecular flexibility index (Phi) is 8.14. The van der Waals surface area contributed by atoms with Gasteiger partial charge in [0.1, 0.15) is 5.75 Å². The molecule has 4 aromatic carbocycles. The largest absolute Gasteiger partial charge is 0.497 e. The summed E-state index contributed by atoms with van der Waals surface area (Å²) in [7, 11) is 1.63. The lowest BCUT2D eigenvalue weighted by Gasteiger charge is -2.24. The molecule has 0 heterocycles. The van der Waals surface area contributed by atoms with Crippen LogP contribution in [-0.4, -0.2) is 18.9 Å². The van der Waals surface area contributed by atoms with E-state index >= 15 is 0 Å². The third-order valence-electron chi connectivity index (χ3n) is 6.06. The molecule has 0 aliphatic rings. The van der Waals surface area contributed by atoms with Crippen molar-refractivity contribution >= 4 is 17.5 Å². The van der Waals surface area contributed by atoms with E-state index in [9.17, 15) is 9.59 Å². The third kappa shape index (κ3) is 6.39. The van der Waals surface area contributed by atoms with E-state index in [2.05, 4.69) is 5.32 Å². The number of carbonyl (C=O) groups excluding carboxylic acids is 2. The molecule has 1 N–H and O–H groups in total. The van der Waals surface area contributed by atoms with E-state index in [1.54, 1.807) is 12.0 Å². The van der Waals surface area contributed by atoms with Crippen LogP contribution >= 0.6 is 0 Å². The van der Waals surface area contributed by atoms with E-state index in [-0.39, 0.29) is 24.3 Å². The first kappa shape index (κ1) is 24.7. The second kappa shape index (κ2) is 11.8. The number of hydrogen-bond acceptors (Lipinski definition) is 3. The van der Waals surface area contributed by atoms with Gasteiger partial charge in [0.25, 0.3) is 5.91 Å². The fourth-order valence-electron chi connectivity index (χ4n) is 4.03. The van der Waals surface area contributed by atoms with Gasteiger partial charge >= 0.3 is 0 Å². The van der Waals surface area contributed by atoms with Crippen LogP contribution in [-0.2, 0) is 17.8 Å². The Morgan fingerprint density at radius 1 is 0.778 bits per heavy atom. The molecule has 0 unspecified atom stereocenters. The van der Waals surface area contributed by atoms with Crippen LogP contribution in [0.25, 0.3) is 0 Å². The number of amides is 2. The summed E-state index contributed by atoms with van der Waals surface area (Å²) in [5, 5.41) is 3.05. The monoisotopic (exact) mass is 478 g/mol. The van der Waals surface area contributed by atoms with Gasteiger partial charge in [-0.1, -0.05) is 72.8 Å². The van der Waals surface area contributed by atoms with Gasteiger partial charge in [0, 0.05) is 11.3 Å². The third-order valence-corrected chi connectivity index (χ3v) is 6.06. The Morgan fingerprint density at radius 2 is 1.36 bits per heavy atom. The summed E-state index contributed by atoms with van der Waals surface area (Å²) in [6.45, 7) is 2.38. The molecule has 0 aromatic heterocycles. The summed E-state index contributed by atoms with van der Waals surface area (Å²) < 4.78 is 5.26. The van der Waals surface area contributed by atoms with Crippen molar-refractivity contribution in [2.24, 2.45) is 0 Å². The van der Waals surface area contributed by atoms with Crippen LogP contribution in [0.2, 0.25) is 0 Å². The fraction of sp³-hybridized carbons (Fsp3) is 0.161. The highest BCUT2D eigenvalue weighted by molar-refractivity contribution is 6.06. The maximum Gasteiger partial charge on any atom is 0.258 e. The molecule has 0 bridgehead atoms. The van der Waals surface area contributed by atoms with Crippen molar-refractivity contribution in [3.05, 3.63) is 131 Å². The predicted octanol–water partition coefficient (Wildman–Crippen LogP) is 5.96. The number of carbonyl (C=O) groups is 2. The molecule has 0 aliphatic carbocycles. The average Bonchev–Trinajstić information content (AvgIpc) is 2.93. The lowest BCUT2D eigenvalue weighted by molar-refractivity contribution is -0.121. The van der Waals surface area contributed by atoms with Gasteiger partial charge in [0.05, 0.1) is 26.1 Å². The zero-order valence-electron chi connectivity index (χ0n) is 20.6. The van der Waals surface area contributed by atoms with Crippen LogP contribution in [0.1, 0.15) is 40.0 Å². The number of methoxy groups -OCH3 is 1. The first-order valence-corrected chi connectivity index (χ1v) is 12.0. The Bertz CT molecular complexity index is 1270. The molecule has 0 spiro atoms. The minimum absolute atomic E-state index is 0.0467. The average molecular weight is 479 g/mol. The number of nitrogens with one attached hydrogen (secondary N) is 1. The molecular weight excluding hydrogens is 448 g/mol. The number of rotatable bonds is 9. The van der Waals surface area contributed by atoms with Crippen LogP contribution < -0.4 is 15.0 Å². The Labute approximate surface area is 212 Å². The summed E-state index contributed by atoms with van der Waals surface area (Å²) in [6.07, 6.45) is 0.266. The first-order chi connectivity index (χ1) is 17.5. The molecule has 4 aromatic rings. The van der Waals surface area contributed by atoms with Crippen LogP contribution in [0.5, 0.6) is 5.75 Å². The molecule has 2 amide bonds. The van der Waals surface area contributed by atoms with Crippen molar-refractivity contribution in [1.82, 2.24) is 5.32 Å². The Morgan fingerprint density at radius 3 is 1.97 bits per heavy atom. The maximum absolute atomic E-state index is 13.4. The normalized spacial score (nSPS) is 11.4. The topological polar surface area (TPSA) is 58.6 Å². The zero-order valence-corrected chi connectivity index (χ0v) is 20.6. The molecule has 1 atom stereocenters. The van der Waals surface area contributed by atoms with Gasteiger partial charge < -0.3 is 15.0 Å². The fourth-order valence-corrected chi connectivity index (χ4v) is 4.03. The van der Waals surface area contributed by atoms with Gasteiger partial charge in [-0.05, 0) is 60.0 Å². The number of hydrogen-bond donors (Lipinski definition) is 1. The Balaban J connectivity index is 1.49. The summed E-state index contributed by atoms with van der Waals surface area (Å²) in [5.41, 5.74) is 4.31. The lowest BCUT2D eigenvalue weighted by atomic mass is 10.1. The highest BCUT2D eigenvalue weighted by Gasteiger charge is 2.19. The highest BCUT2D eigenvalue weighted by atomic mass is 16.5. The first-order valence-electron chi connectivity index (χ1n) is 12.0. The molecule has 0 radical (unpaired) electrons. The van der Waals surface area contributed by atoms with Crippen LogP contribution in [0.4, 0.5) is 5.69 Å². The van der Waals surface area contributed by atoms with Gasteiger partial charge in [-0.15, -0.1) is 0 Å². The molecule has 5 nitrogen and oxygen atoms in total. The number of nitrogens with zero attached hydrogens (tertiary/aromatic N) is 1. The van der Waals surface area contributed by atoms with Crippen LogP contribution in [0.15, 0.2) is 109 Å². The predicted molar refractivity (Wildman–Crippen MR) is 143 cm³/mol. The quantitative estimate of drug-likeness (QED) is 0.323. The van der Waals surface area contributed by atoms with E-state index in [0.717, 1.165) is 28.1 Å². The van der Waals surface area contributed by atoms with Crippen molar-refractivity contribution in [2.75, 3.05) is 12.0 Å². The van der Waals surface area contributed by atoms with Crippen LogP contribution in [0.3, 0.4) is 0 Å². The number of benzene rings is 4. The molecular formula is C31H30N2O3. The van der Waals surface area contributed by atoms with Gasteiger partial charge in [0.2, 0.25) is 5.91 Å². The molecule has 0 saturated carbocycles. The zero-order chi connectivity index (χ0) is 25.3. The number of ether oxygens (including phenoxy) is 1. The van der Waals surface area contributed by atoms with E-state index < -0.39 is 0 Å². The van der Waals surface area contributed by atoms with Crippen molar-refractivity contribution < 1.29 is 14.3 Å². The second-order valence-corrected chi connectivity index (χ2v) is 8.65. The SMILES string of the molecule is COc1ccc(CN(C(=O)c2ccccc2)c2ccc(CC(=O)N[C@@H](C)c3ccccc3)cc2)cc1. The van der Waals surface area contributed by atoms with E-state index in [4.69, 9.17) is 4.74 Å². The van der Waals surface area contributed by atoms with Crippen LogP contribution in [0, 0.1) is 0 Å². The van der Waals surface area contributed by atoms with Crippen molar-refractivity contribution in [1.29, 1.82) is 0 Å².